The summed E-state index contributed by atoms with van der Waals surface area (Å²) in [6.07, 6.45) is -1.11. The first-order chi connectivity index (χ1) is 3.18. The molecular formula is C4H5F2ORf-. The van der Waals surface area contributed by atoms with Gasteiger partial charge in [0.1, 0.15) is 6.43 Å². The molecule has 0 aliphatic heterocycles. The molecule has 0 aliphatic rings. The van der Waals surface area contributed by atoms with Crippen LogP contribution in [0.3, 0.4) is 0 Å². The molecule has 0 aromatic carbocycles. The van der Waals surface area contributed by atoms with Crippen LogP contribution in [0, 0.1) is 6.43 Å². The predicted octanol–water partition coefficient (Wildman–Crippen LogP) is 1.88. The minimum Gasteiger partial charge on any atom is -0.540 e. The molecule has 1 N–H and O–H groups in total. The normalized spacial score (nSPS) is 10.1. The van der Waals surface area contributed by atoms with Gasteiger partial charge in [-0.15, -0.1) is 6.92 Å². The number of hydrogen-bond donors (Lipinski definition) is 1. The second-order valence-corrected chi connectivity index (χ2v) is 0.934. The van der Waals surface area contributed by atoms with Gasteiger partial charge in [0.2, 0.25) is 0 Å². The Morgan fingerprint density at radius 2 is 2.00 bits per heavy atom. The molecule has 0 rings (SSSR count). The molecule has 0 bridgehead atoms. The van der Waals surface area contributed by atoms with Crippen LogP contribution in [0.5, 0.6) is 0 Å². The standard InChI is InChI=1S/C4H5F2O.Rf/c1-2-3(7)4(5)6;/h2,7H,1H3;/q-1;/b3-2-;. The fourth-order valence-corrected chi connectivity index (χ4v) is 0.109. The summed E-state index contributed by atoms with van der Waals surface area (Å²) in [6.45, 7) is 1.33. The van der Waals surface area contributed by atoms with E-state index in [4.69, 9.17) is 5.11 Å². The van der Waals surface area contributed by atoms with Crippen molar-refractivity contribution in [1.29, 1.82) is 0 Å². The van der Waals surface area contributed by atoms with Gasteiger partial charge in [0.25, 0.3) is 0 Å². The van der Waals surface area contributed by atoms with Crippen molar-refractivity contribution in [3.63, 3.8) is 0 Å². The van der Waals surface area contributed by atoms with Gasteiger partial charge in [-0.3, -0.25) is 8.78 Å². The molecule has 0 heterocycles. The number of hydrogen-bond acceptors (Lipinski definition) is 1. The van der Waals surface area contributed by atoms with Crippen LogP contribution in [0.1, 0.15) is 6.92 Å². The molecular weight excluding hydrogens is 369 g/mol. The van der Waals surface area contributed by atoms with E-state index in [0.29, 0.717) is 0 Å². The Kier molecular flexibility index (Phi) is 4.13. The summed E-state index contributed by atoms with van der Waals surface area (Å²) in [7, 11) is 0. The minimum absolute atomic E-state index is 0. The van der Waals surface area contributed by atoms with Gasteiger partial charge >= 0.3 is 0 Å². The van der Waals surface area contributed by atoms with Crippen LogP contribution in [0.4, 0.5) is 8.78 Å². The summed E-state index contributed by atoms with van der Waals surface area (Å²) in [5.41, 5.74) is 0. The first kappa shape index (κ1) is 9.55. The van der Waals surface area contributed by atoms with E-state index in [-0.39, 0.29) is 0 Å². The van der Waals surface area contributed by atoms with Crippen molar-refractivity contribution in [3.05, 3.63) is 18.3 Å². The smallest absolute Gasteiger partial charge is 0.147 e. The zero-order valence-electron chi connectivity index (χ0n) is 4.49. The minimum atomic E-state index is -2.04. The SMILES string of the molecule is C/C=C(\O)[C-](F)F.[Rf]. The van der Waals surface area contributed by atoms with Crippen LogP contribution in [0.25, 0.3) is 0 Å². The molecule has 0 aromatic rings. The van der Waals surface area contributed by atoms with E-state index in [1.165, 1.54) is 6.92 Å². The van der Waals surface area contributed by atoms with Crippen molar-refractivity contribution in [2.45, 2.75) is 6.92 Å². The van der Waals surface area contributed by atoms with Crippen LogP contribution < -0.4 is 0 Å². The first-order valence-corrected chi connectivity index (χ1v) is 1.72. The van der Waals surface area contributed by atoms with Crippen LogP contribution in [0.2, 0.25) is 0 Å². The zero-order chi connectivity index (χ0) is 5.86. The molecule has 44 valence electrons. The molecule has 0 atom stereocenters. The summed E-state index contributed by atoms with van der Waals surface area (Å²) in [5.74, 6) is -0.944. The number of aliphatic hydroxyl groups is 1. The monoisotopic (exact) mass is 374 g/mol. The fourth-order valence-electron chi connectivity index (χ4n) is 0.109. The van der Waals surface area contributed by atoms with Gasteiger partial charge in [0, 0.05) is 5.76 Å². The summed E-state index contributed by atoms with van der Waals surface area (Å²) >= 11 is 0. The maximum absolute atomic E-state index is 11.0. The van der Waals surface area contributed by atoms with Gasteiger partial charge in [0.15, 0.2) is 0 Å². The maximum Gasteiger partial charge on any atom is 0.147 e. The van der Waals surface area contributed by atoms with Crippen LogP contribution in [0.15, 0.2) is 11.8 Å². The van der Waals surface area contributed by atoms with Crippen molar-refractivity contribution < 1.29 is 13.9 Å². The van der Waals surface area contributed by atoms with Gasteiger partial charge in [-0.2, -0.15) is 6.08 Å². The summed E-state index contributed by atoms with van der Waals surface area (Å²) in [6, 6.07) is 0. The molecule has 0 fully saturated rings. The van der Waals surface area contributed by atoms with Crippen LogP contribution in [-0.2, 0) is 0 Å². The average molecular weight is 374 g/mol. The van der Waals surface area contributed by atoms with E-state index in [9.17, 15) is 8.78 Å². The number of allylic oxidation sites excluding steroid dienone is 2. The first-order valence-electron chi connectivity index (χ1n) is 1.72. The summed E-state index contributed by atoms with van der Waals surface area (Å²) in [4.78, 5) is 0. The van der Waals surface area contributed by atoms with E-state index in [1.54, 1.807) is 0 Å². The van der Waals surface area contributed by atoms with E-state index in [1.807, 2.05) is 0 Å². The Labute approximate surface area is 40.3 Å². The number of rotatable bonds is 1. The summed E-state index contributed by atoms with van der Waals surface area (Å²) in [5, 5.41) is 8.01. The van der Waals surface area contributed by atoms with Crippen molar-refractivity contribution in [3.8, 4) is 0 Å². The maximum atomic E-state index is 11.0. The topological polar surface area (TPSA) is 20.2 Å². The van der Waals surface area contributed by atoms with Crippen molar-refractivity contribution in [2.24, 2.45) is 0 Å². The van der Waals surface area contributed by atoms with Crippen molar-refractivity contribution in [1.82, 2.24) is 0 Å². The Morgan fingerprint density at radius 1 is 1.62 bits per heavy atom. The third-order valence-electron chi connectivity index (χ3n) is 0.467. The molecule has 0 radical (unpaired) electrons. The largest absolute Gasteiger partial charge is 0.540 e. The second kappa shape index (κ2) is 3.46. The molecule has 0 amide bonds. The third kappa shape index (κ3) is 2.50. The molecule has 0 aromatic heterocycles. The van der Waals surface area contributed by atoms with E-state index in [0.717, 1.165) is 6.08 Å². The molecule has 0 unspecified atom stereocenters. The van der Waals surface area contributed by atoms with E-state index < -0.39 is 12.2 Å². The Balaban J connectivity index is 0. The van der Waals surface area contributed by atoms with Gasteiger partial charge in [-0.05, 0) is 0 Å². The average Bonchev–Trinajstić information content (AvgIpc) is 1.65. The molecule has 0 saturated heterocycles. The quantitative estimate of drug-likeness (QED) is 0.549. The van der Waals surface area contributed by atoms with Crippen LogP contribution >= 0.6 is 0 Å². The van der Waals surface area contributed by atoms with Gasteiger partial charge in [-0.25, -0.2) is 0 Å². The van der Waals surface area contributed by atoms with E-state index in [2.05, 4.69) is 0 Å². The Morgan fingerprint density at radius 3 is 2.00 bits per heavy atom. The van der Waals surface area contributed by atoms with Crippen molar-refractivity contribution >= 4 is 0 Å². The second-order valence-electron chi connectivity index (χ2n) is 0.934. The molecule has 0 aliphatic carbocycles. The number of halogens is 2. The Bertz CT molecular complexity index is 82.1. The van der Waals surface area contributed by atoms with Crippen LogP contribution in [-0.4, -0.2) is 5.11 Å². The molecule has 4 heteroatoms. The predicted molar refractivity (Wildman–Crippen MR) is 21.8 cm³/mol. The van der Waals surface area contributed by atoms with E-state index >= 15 is 0 Å². The fraction of sp³-hybridized carbons (Fsp3) is 0.250. The molecule has 8 heavy (non-hydrogen) atoms. The zero-order valence-corrected chi connectivity index (χ0v) is 10.9. The van der Waals surface area contributed by atoms with Gasteiger partial charge in [0.05, 0.1) is 0 Å². The Hall–Kier alpha value is -1.73. The molecule has 0 spiro atoms. The van der Waals surface area contributed by atoms with Crippen molar-refractivity contribution in [2.75, 3.05) is 0 Å². The number of aliphatic hydroxyl groups excluding tert-OH is 1. The van der Waals surface area contributed by atoms with Gasteiger partial charge < -0.3 is 5.11 Å². The van der Waals surface area contributed by atoms with Gasteiger partial charge in [-0.1, -0.05) is 0 Å². The summed E-state index contributed by atoms with van der Waals surface area (Å²) < 4.78 is 22.1. The third-order valence-corrected chi connectivity index (χ3v) is 0.467. The molecule has 1 nitrogen and oxygen atoms in total. The molecule has 0 saturated carbocycles.